The summed E-state index contributed by atoms with van der Waals surface area (Å²) in [5.41, 5.74) is 4.57. The fourth-order valence-electron chi connectivity index (χ4n) is 4.32. The predicted molar refractivity (Wildman–Crippen MR) is 134 cm³/mol. The van der Waals surface area contributed by atoms with Gasteiger partial charge in [-0.3, -0.25) is 9.36 Å². The van der Waals surface area contributed by atoms with E-state index in [2.05, 4.69) is 31.2 Å². The molecule has 0 fully saturated rings. The Morgan fingerprint density at radius 3 is 2.72 bits per heavy atom. The van der Waals surface area contributed by atoms with Crippen LogP contribution in [0.15, 0.2) is 58.5 Å². The Labute approximate surface area is 196 Å². The van der Waals surface area contributed by atoms with Gasteiger partial charge in [-0.05, 0) is 74.9 Å². The van der Waals surface area contributed by atoms with Crippen LogP contribution in [0.2, 0.25) is 0 Å². The molecule has 0 bridgehead atoms. The van der Waals surface area contributed by atoms with E-state index in [-0.39, 0.29) is 5.56 Å². The van der Waals surface area contributed by atoms with Gasteiger partial charge in [0.25, 0.3) is 5.56 Å². The molecule has 0 saturated heterocycles. The van der Waals surface area contributed by atoms with Crippen molar-refractivity contribution in [2.45, 2.75) is 50.4 Å². The third-order valence-corrected chi connectivity index (χ3v) is 8.01. The van der Waals surface area contributed by atoms with Gasteiger partial charge in [0.1, 0.15) is 10.6 Å². The second-order valence-electron chi connectivity index (χ2n) is 8.13. The molecule has 0 unspecified atom stereocenters. The monoisotopic (exact) mass is 462 g/mol. The first kappa shape index (κ1) is 21.3. The zero-order valence-electron chi connectivity index (χ0n) is 18.4. The van der Waals surface area contributed by atoms with E-state index in [0.29, 0.717) is 6.61 Å². The van der Waals surface area contributed by atoms with Gasteiger partial charge in [0.15, 0.2) is 5.16 Å². The Kier molecular flexibility index (Phi) is 6.07. The highest BCUT2D eigenvalue weighted by Crippen LogP contribution is 2.35. The van der Waals surface area contributed by atoms with Crippen LogP contribution in [0.25, 0.3) is 15.9 Å². The highest BCUT2D eigenvalue weighted by atomic mass is 32.2. The van der Waals surface area contributed by atoms with Crippen molar-refractivity contribution in [3.05, 3.63) is 80.5 Å². The number of nitrogens with zero attached hydrogens (tertiary/aromatic N) is 2. The molecule has 2 aromatic heterocycles. The predicted octanol–water partition coefficient (Wildman–Crippen LogP) is 6.33. The van der Waals surface area contributed by atoms with E-state index >= 15 is 0 Å². The Morgan fingerprint density at radius 1 is 1.12 bits per heavy atom. The lowest BCUT2D eigenvalue weighted by atomic mass is 9.97. The van der Waals surface area contributed by atoms with Crippen LogP contribution >= 0.6 is 23.1 Å². The van der Waals surface area contributed by atoms with Crippen molar-refractivity contribution in [2.24, 2.45) is 0 Å². The molecule has 0 atom stereocenters. The Hall–Kier alpha value is -2.57. The fourth-order valence-corrected chi connectivity index (χ4v) is 6.58. The van der Waals surface area contributed by atoms with Crippen LogP contribution in [-0.4, -0.2) is 16.2 Å². The topological polar surface area (TPSA) is 44.1 Å². The summed E-state index contributed by atoms with van der Waals surface area (Å²) in [6.07, 6.45) is 4.38. The van der Waals surface area contributed by atoms with E-state index in [4.69, 9.17) is 9.72 Å². The molecule has 0 saturated carbocycles. The number of thiophene rings is 1. The average Bonchev–Trinajstić information content (AvgIpc) is 3.17. The van der Waals surface area contributed by atoms with Crippen molar-refractivity contribution in [3.63, 3.8) is 0 Å². The van der Waals surface area contributed by atoms with E-state index in [1.807, 2.05) is 31.2 Å². The Bertz CT molecular complexity index is 1320. The molecule has 0 radical (unpaired) electrons. The fraction of sp³-hybridized carbons (Fsp3) is 0.308. The molecular weight excluding hydrogens is 436 g/mol. The van der Waals surface area contributed by atoms with Gasteiger partial charge in [-0.2, -0.15) is 0 Å². The number of ether oxygens (including phenoxy) is 1. The van der Waals surface area contributed by atoms with Crippen LogP contribution in [0.3, 0.4) is 0 Å². The second kappa shape index (κ2) is 9.12. The van der Waals surface area contributed by atoms with E-state index in [0.717, 1.165) is 51.8 Å². The van der Waals surface area contributed by atoms with Gasteiger partial charge >= 0.3 is 0 Å². The summed E-state index contributed by atoms with van der Waals surface area (Å²) in [7, 11) is 0. The molecule has 0 spiro atoms. The maximum absolute atomic E-state index is 13.8. The molecule has 5 rings (SSSR count). The van der Waals surface area contributed by atoms with Crippen LogP contribution in [-0.2, 0) is 18.6 Å². The summed E-state index contributed by atoms with van der Waals surface area (Å²) < 4.78 is 7.39. The molecular formula is C26H26N2O2S2. The zero-order chi connectivity index (χ0) is 22.1. The molecule has 6 heteroatoms. The minimum Gasteiger partial charge on any atom is -0.494 e. The summed E-state index contributed by atoms with van der Waals surface area (Å²) in [5, 5.41) is 1.56. The SMILES string of the molecule is CCOc1ccc(-n2c(SCc3cccc(C)c3)nc3sc4c(c3c2=O)CCCC4)cc1. The van der Waals surface area contributed by atoms with Gasteiger partial charge in [0, 0.05) is 10.6 Å². The van der Waals surface area contributed by atoms with Gasteiger partial charge in [-0.15, -0.1) is 11.3 Å². The Morgan fingerprint density at radius 2 is 1.94 bits per heavy atom. The Balaban J connectivity index is 1.63. The number of benzene rings is 2. The summed E-state index contributed by atoms with van der Waals surface area (Å²) in [6.45, 7) is 4.69. The van der Waals surface area contributed by atoms with Crippen LogP contribution in [0.1, 0.15) is 41.3 Å². The highest BCUT2D eigenvalue weighted by Gasteiger charge is 2.23. The average molecular weight is 463 g/mol. The minimum absolute atomic E-state index is 0.0466. The number of thioether (sulfide) groups is 1. The van der Waals surface area contributed by atoms with Crippen molar-refractivity contribution >= 4 is 33.3 Å². The molecule has 0 N–H and O–H groups in total. The lowest BCUT2D eigenvalue weighted by molar-refractivity contribution is 0.340. The lowest BCUT2D eigenvalue weighted by Crippen LogP contribution is -2.22. The second-order valence-corrected chi connectivity index (χ2v) is 10.2. The van der Waals surface area contributed by atoms with Gasteiger partial charge in [0.2, 0.25) is 0 Å². The molecule has 0 aliphatic heterocycles. The molecule has 32 heavy (non-hydrogen) atoms. The lowest BCUT2D eigenvalue weighted by Gasteiger charge is -2.14. The number of aromatic nitrogens is 2. The highest BCUT2D eigenvalue weighted by molar-refractivity contribution is 7.98. The molecule has 164 valence electrons. The standard InChI is InChI=1S/C26H26N2O2S2/c1-3-30-20-13-11-19(12-14-20)28-25(29)23-21-9-4-5-10-22(21)32-24(23)27-26(28)31-16-18-8-6-7-17(2)15-18/h6-8,11-15H,3-5,9-10,16H2,1-2H3. The van der Waals surface area contributed by atoms with Crippen LogP contribution in [0.4, 0.5) is 0 Å². The van der Waals surface area contributed by atoms with Crippen LogP contribution in [0, 0.1) is 6.92 Å². The number of fused-ring (bicyclic) bond motifs is 3. The smallest absolute Gasteiger partial charge is 0.267 e. The van der Waals surface area contributed by atoms with E-state index in [1.54, 1.807) is 27.7 Å². The van der Waals surface area contributed by atoms with Crippen molar-refractivity contribution in [1.29, 1.82) is 0 Å². The molecule has 4 nitrogen and oxygen atoms in total. The molecule has 0 amide bonds. The van der Waals surface area contributed by atoms with Crippen molar-refractivity contribution in [3.8, 4) is 11.4 Å². The van der Waals surface area contributed by atoms with Crippen LogP contribution < -0.4 is 10.3 Å². The summed E-state index contributed by atoms with van der Waals surface area (Å²) in [4.78, 5) is 21.1. The zero-order valence-corrected chi connectivity index (χ0v) is 20.0. The van der Waals surface area contributed by atoms with E-state index < -0.39 is 0 Å². The van der Waals surface area contributed by atoms with Crippen molar-refractivity contribution in [1.82, 2.24) is 9.55 Å². The third kappa shape index (κ3) is 4.09. The first-order chi connectivity index (χ1) is 15.6. The first-order valence-electron chi connectivity index (χ1n) is 11.1. The quantitative estimate of drug-likeness (QED) is 0.248. The molecule has 1 aliphatic rings. The number of hydrogen-bond donors (Lipinski definition) is 0. The minimum atomic E-state index is 0.0466. The number of rotatable bonds is 6. The van der Waals surface area contributed by atoms with Gasteiger partial charge in [0.05, 0.1) is 17.7 Å². The largest absolute Gasteiger partial charge is 0.494 e. The first-order valence-corrected chi connectivity index (χ1v) is 12.9. The number of hydrogen-bond acceptors (Lipinski definition) is 5. The van der Waals surface area contributed by atoms with Crippen LogP contribution in [0.5, 0.6) is 5.75 Å². The van der Waals surface area contributed by atoms with Crippen molar-refractivity contribution < 1.29 is 4.74 Å². The van der Waals surface area contributed by atoms with Gasteiger partial charge in [-0.25, -0.2) is 4.98 Å². The van der Waals surface area contributed by atoms with Gasteiger partial charge < -0.3 is 4.74 Å². The molecule has 4 aromatic rings. The van der Waals surface area contributed by atoms with E-state index in [1.165, 1.54) is 28.0 Å². The maximum atomic E-state index is 13.8. The molecule has 2 heterocycles. The third-order valence-electron chi connectivity index (χ3n) is 5.81. The normalized spacial score (nSPS) is 13.3. The summed E-state index contributed by atoms with van der Waals surface area (Å²) >= 11 is 3.33. The van der Waals surface area contributed by atoms with E-state index in [9.17, 15) is 4.79 Å². The van der Waals surface area contributed by atoms with Crippen molar-refractivity contribution in [2.75, 3.05) is 6.61 Å². The maximum Gasteiger partial charge on any atom is 0.267 e. The summed E-state index contributed by atoms with van der Waals surface area (Å²) in [6, 6.07) is 16.3. The molecule has 1 aliphatic carbocycles. The van der Waals surface area contributed by atoms with Gasteiger partial charge in [-0.1, -0.05) is 41.6 Å². The summed E-state index contributed by atoms with van der Waals surface area (Å²) in [5.74, 6) is 1.57. The number of aryl methyl sites for hydroxylation is 3. The molecule has 2 aromatic carbocycles.